The average Bonchev–Trinajstić information content (AvgIpc) is 2.20. The molecule has 0 saturated heterocycles. The third-order valence-corrected chi connectivity index (χ3v) is 2.69. The second-order valence-corrected chi connectivity index (χ2v) is 3.78. The lowest BCUT2D eigenvalue weighted by Gasteiger charge is -2.21. The fraction of sp³-hybridized carbons (Fsp3) is 0.300. The summed E-state index contributed by atoms with van der Waals surface area (Å²) in [6.07, 6.45) is 7.64. The predicted octanol–water partition coefficient (Wildman–Crippen LogP) is 3.01. The van der Waals surface area contributed by atoms with E-state index in [0.717, 1.165) is 10.9 Å². The first-order valence-corrected chi connectivity index (χ1v) is 5.01. The molecule has 76 valence electrons. The van der Waals surface area contributed by atoms with E-state index >= 15 is 0 Å². The van der Waals surface area contributed by atoms with Crippen molar-refractivity contribution in [2.75, 3.05) is 7.11 Å². The van der Waals surface area contributed by atoms with Crippen LogP contribution in [0.25, 0.3) is 0 Å². The van der Waals surface area contributed by atoms with Gasteiger partial charge in [-0.05, 0) is 6.42 Å². The van der Waals surface area contributed by atoms with E-state index in [1.54, 1.807) is 12.4 Å². The van der Waals surface area contributed by atoms with Gasteiger partial charge < -0.3 is 4.74 Å². The minimum Gasteiger partial charge on any atom is -0.452 e. The maximum atomic E-state index is 11.1. The van der Waals surface area contributed by atoms with E-state index in [-0.39, 0.29) is 5.92 Å². The molecule has 0 radical (unpaired) electrons. The normalized spacial score (nSPS) is 20.3. The Bertz CT molecular complexity index is 296. The Hall–Kier alpha value is -1.03. The molecule has 1 aliphatic rings. The van der Waals surface area contributed by atoms with Crippen LogP contribution in [-0.4, -0.2) is 18.1 Å². The van der Waals surface area contributed by atoms with Gasteiger partial charge in [0.15, 0.2) is 0 Å². The van der Waals surface area contributed by atoms with Crippen LogP contribution >= 0.6 is 15.9 Å². The van der Waals surface area contributed by atoms with Gasteiger partial charge in [-0.3, -0.25) is 4.90 Å². The monoisotopic (exact) mass is 257 g/mol. The van der Waals surface area contributed by atoms with Crippen molar-refractivity contribution in [3.63, 3.8) is 0 Å². The molecular formula is C10H12BrNO2. The quantitative estimate of drug-likeness (QED) is 0.712. The largest absolute Gasteiger partial charge is 0.452 e. The van der Waals surface area contributed by atoms with Crippen molar-refractivity contribution in [2.24, 2.45) is 5.92 Å². The maximum absolute atomic E-state index is 11.1. The molecule has 0 spiro atoms. The Morgan fingerprint density at radius 3 is 3.07 bits per heavy atom. The second-order valence-electron chi connectivity index (χ2n) is 2.86. The van der Waals surface area contributed by atoms with Crippen molar-refractivity contribution in [3.8, 4) is 0 Å². The van der Waals surface area contributed by atoms with Crippen LogP contribution in [0.15, 0.2) is 35.6 Å². The van der Waals surface area contributed by atoms with Crippen LogP contribution in [-0.2, 0) is 4.74 Å². The van der Waals surface area contributed by atoms with E-state index in [1.165, 1.54) is 12.0 Å². The molecule has 4 heteroatoms. The Morgan fingerprint density at radius 1 is 1.86 bits per heavy atom. The first kappa shape index (κ1) is 11.0. The smallest absolute Gasteiger partial charge is 0.417 e. The molecule has 0 aromatic rings. The summed E-state index contributed by atoms with van der Waals surface area (Å²) < 4.78 is 5.53. The highest BCUT2D eigenvalue weighted by atomic mass is 79.9. The lowest BCUT2D eigenvalue weighted by molar-refractivity contribution is 0.151. The Morgan fingerprint density at radius 2 is 2.57 bits per heavy atom. The number of nitrogens with zero attached hydrogens (tertiary/aromatic N) is 1. The van der Waals surface area contributed by atoms with Crippen molar-refractivity contribution < 1.29 is 9.53 Å². The fourth-order valence-corrected chi connectivity index (χ4v) is 1.71. The molecule has 3 nitrogen and oxygen atoms in total. The molecule has 1 amide bonds. The van der Waals surface area contributed by atoms with Gasteiger partial charge in [-0.2, -0.15) is 0 Å². The molecular weight excluding hydrogens is 246 g/mol. The number of methoxy groups -OCH3 is 1. The number of ether oxygens (including phenoxy) is 1. The summed E-state index contributed by atoms with van der Waals surface area (Å²) in [6, 6.07) is 0. The van der Waals surface area contributed by atoms with Gasteiger partial charge in [-0.25, -0.2) is 4.79 Å². The number of allylic oxidation sites excluding steroid dienone is 3. The van der Waals surface area contributed by atoms with Crippen LogP contribution in [0, 0.1) is 5.92 Å². The summed E-state index contributed by atoms with van der Waals surface area (Å²) in [4.78, 5) is 12.5. The highest BCUT2D eigenvalue weighted by Crippen LogP contribution is 2.27. The van der Waals surface area contributed by atoms with Gasteiger partial charge in [0.25, 0.3) is 0 Å². The highest BCUT2D eigenvalue weighted by Gasteiger charge is 2.17. The first-order chi connectivity index (χ1) is 6.69. The molecule has 0 saturated carbocycles. The molecule has 14 heavy (non-hydrogen) atoms. The number of hydrogen-bond acceptors (Lipinski definition) is 2. The van der Waals surface area contributed by atoms with Crippen molar-refractivity contribution in [3.05, 3.63) is 35.6 Å². The molecule has 1 aliphatic heterocycles. The zero-order chi connectivity index (χ0) is 10.6. The van der Waals surface area contributed by atoms with Gasteiger partial charge in [0.2, 0.25) is 0 Å². The molecule has 0 aromatic carbocycles. The minimum atomic E-state index is -0.393. The van der Waals surface area contributed by atoms with E-state index in [9.17, 15) is 4.79 Å². The number of rotatable bonds is 2. The predicted molar refractivity (Wildman–Crippen MR) is 58.7 cm³/mol. The summed E-state index contributed by atoms with van der Waals surface area (Å²) in [5.41, 5.74) is 0. The highest BCUT2D eigenvalue weighted by molar-refractivity contribution is 9.11. The van der Waals surface area contributed by atoms with Crippen LogP contribution < -0.4 is 0 Å². The molecule has 1 atom stereocenters. The van der Waals surface area contributed by atoms with E-state index in [1.807, 2.05) is 12.2 Å². The van der Waals surface area contributed by atoms with E-state index < -0.39 is 6.09 Å². The summed E-state index contributed by atoms with van der Waals surface area (Å²) in [7, 11) is 1.35. The zero-order valence-electron chi connectivity index (χ0n) is 7.94. The average molecular weight is 258 g/mol. The molecule has 1 rings (SSSR count). The van der Waals surface area contributed by atoms with Gasteiger partial charge >= 0.3 is 6.09 Å². The molecule has 0 bridgehead atoms. The van der Waals surface area contributed by atoms with E-state index in [0.29, 0.717) is 0 Å². The summed E-state index contributed by atoms with van der Waals surface area (Å²) in [5.74, 6) is 0.272. The van der Waals surface area contributed by atoms with Crippen LogP contribution in [0.1, 0.15) is 6.42 Å². The molecule has 0 aromatic heterocycles. The third-order valence-electron chi connectivity index (χ3n) is 1.90. The fourth-order valence-electron chi connectivity index (χ4n) is 1.15. The summed E-state index contributed by atoms with van der Waals surface area (Å²) >= 11 is 3.41. The van der Waals surface area contributed by atoms with Crippen LogP contribution in [0.2, 0.25) is 0 Å². The molecule has 1 unspecified atom stereocenters. The molecule has 0 fully saturated rings. The topological polar surface area (TPSA) is 29.5 Å². The Labute approximate surface area is 91.9 Å². The van der Waals surface area contributed by atoms with Gasteiger partial charge in [-0.1, -0.05) is 28.1 Å². The molecule has 0 aliphatic carbocycles. The maximum Gasteiger partial charge on any atom is 0.417 e. The zero-order valence-corrected chi connectivity index (χ0v) is 9.53. The number of halogens is 1. The van der Waals surface area contributed by atoms with Gasteiger partial charge in [0.1, 0.15) is 0 Å². The number of carbonyl (C=O) groups excluding carboxylic acids is 1. The first-order valence-electron chi connectivity index (χ1n) is 4.21. The SMILES string of the molecule is C=CCC1C=CN(C(=O)OC)C=C1Br. The van der Waals surface area contributed by atoms with Crippen molar-refractivity contribution >= 4 is 22.0 Å². The van der Waals surface area contributed by atoms with Gasteiger partial charge in [0, 0.05) is 22.8 Å². The molecule has 1 heterocycles. The Kier molecular flexibility index (Phi) is 3.95. The number of carbonyl (C=O) groups is 1. The summed E-state index contributed by atoms with van der Waals surface area (Å²) in [5, 5.41) is 0. The van der Waals surface area contributed by atoms with Crippen LogP contribution in [0.5, 0.6) is 0 Å². The lowest BCUT2D eigenvalue weighted by atomic mass is 10.0. The lowest BCUT2D eigenvalue weighted by Crippen LogP contribution is -2.23. The van der Waals surface area contributed by atoms with Crippen LogP contribution in [0.3, 0.4) is 0 Å². The minimum absolute atomic E-state index is 0.272. The summed E-state index contributed by atoms with van der Waals surface area (Å²) in [6.45, 7) is 3.67. The van der Waals surface area contributed by atoms with Crippen molar-refractivity contribution in [2.45, 2.75) is 6.42 Å². The number of hydrogen-bond donors (Lipinski definition) is 0. The van der Waals surface area contributed by atoms with E-state index in [4.69, 9.17) is 0 Å². The molecule has 0 N–H and O–H groups in total. The van der Waals surface area contributed by atoms with E-state index in [2.05, 4.69) is 27.2 Å². The van der Waals surface area contributed by atoms with Gasteiger partial charge in [0.05, 0.1) is 7.11 Å². The van der Waals surface area contributed by atoms with Crippen molar-refractivity contribution in [1.82, 2.24) is 4.90 Å². The third kappa shape index (κ3) is 2.48. The van der Waals surface area contributed by atoms with Crippen molar-refractivity contribution in [1.29, 1.82) is 0 Å². The second kappa shape index (κ2) is 5.00. The van der Waals surface area contributed by atoms with Gasteiger partial charge in [-0.15, -0.1) is 6.58 Å². The van der Waals surface area contributed by atoms with Crippen LogP contribution in [0.4, 0.5) is 4.79 Å². The standard InChI is InChI=1S/C10H12BrNO2/c1-3-4-8-5-6-12(7-9(8)11)10(13)14-2/h3,5-8H,1,4H2,2H3. The number of amides is 1. The Balaban J connectivity index is 2.70.